The fourth-order valence-corrected chi connectivity index (χ4v) is 18.0. The number of benzene rings is 8. The van der Waals surface area contributed by atoms with E-state index < -0.39 is 121 Å². The fourth-order valence-electron chi connectivity index (χ4n) is 13.3. The van der Waals surface area contributed by atoms with Crippen LogP contribution in [0.3, 0.4) is 0 Å². The molecule has 3 aliphatic rings. The fraction of sp³-hybridized carbons (Fsp3) is 0.367. The lowest BCUT2D eigenvalue weighted by atomic mass is 9.93. The van der Waals surface area contributed by atoms with Gasteiger partial charge in [-0.15, -0.1) is 0 Å². The molecule has 3 fully saturated rings. The zero-order valence-corrected chi connectivity index (χ0v) is 61.7. The zero-order valence-electron chi connectivity index (χ0n) is 58.4. The van der Waals surface area contributed by atoms with Gasteiger partial charge in [-0.25, -0.2) is 4.79 Å². The summed E-state index contributed by atoms with van der Waals surface area (Å²) < 4.78 is 88.3. The Labute approximate surface area is 627 Å². The van der Waals surface area contributed by atoms with E-state index in [9.17, 15) is 15.9 Å². The molecule has 22 nitrogen and oxygen atoms in total. The Morgan fingerprint density at radius 1 is 0.476 bits per heavy atom. The van der Waals surface area contributed by atoms with Crippen molar-refractivity contribution in [1.29, 1.82) is 5.41 Å². The van der Waals surface area contributed by atoms with Crippen LogP contribution >= 0.6 is 34.8 Å². The predicted octanol–water partition coefficient (Wildman–Crippen LogP) is 15.1. The normalized spacial score (nSPS) is 24.8. The minimum absolute atomic E-state index is 0.0191. The molecule has 2 N–H and O–H groups in total. The van der Waals surface area contributed by atoms with Gasteiger partial charge in [0.25, 0.3) is 12.1 Å². The predicted molar refractivity (Wildman–Crippen MR) is 400 cm³/mol. The first-order valence-corrected chi connectivity index (χ1v) is 37.7. The van der Waals surface area contributed by atoms with Crippen molar-refractivity contribution in [3.8, 4) is 0 Å². The third kappa shape index (κ3) is 20.7. The molecule has 0 radical (unpaired) electrons. The van der Waals surface area contributed by atoms with Crippen molar-refractivity contribution in [2.24, 2.45) is 10.2 Å². The van der Waals surface area contributed by atoms with Gasteiger partial charge in [0.05, 0.1) is 64.5 Å². The lowest BCUT2D eigenvalue weighted by Crippen LogP contribution is -2.70. The maximum Gasteiger partial charge on any atom is 0.407 e. The van der Waals surface area contributed by atoms with Gasteiger partial charge in [-0.2, -0.15) is 0 Å². The van der Waals surface area contributed by atoms with Crippen LogP contribution in [0.25, 0.3) is 20.9 Å². The van der Waals surface area contributed by atoms with E-state index >= 15 is 0 Å². The molecule has 8 aromatic rings. The van der Waals surface area contributed by atoms with Gasteiger partial charge in [0, 0.05) is 9.82 Å². The highest BCUT2D eigenvalue weighted by Crippen LogP contribution is 2.42. The lowest BCUT2D eigenvalue weighted by molar-refractivity contribution is -0.356. The topological polar surface area (TPSA) is 270 Å². The van der Waals surface area contributed by atoms with Crippen LogP contribution in [0.15, 0.2) is 253 Å². The largest absolute Gasteiger partial charge is 0.448 e. The molecular weight excluding hydrogens is 1420 g/mol. The third-order valence-electron chi connectivity index (χ3n) is 18.4. The molecule has 0 aromatic heterocycles. The Bertz CT molecular complexity index is 4040. The summed E-state index contributed by atoms with van der Waals surface area (Å²) in [6.45, 7) is 7.84. The SMILES string of the molecule is C[C@H]1O[C@H](O[C@@H]2[C@H](OCc3ccccc3)[C@@H](N=[N+]=[N-])C(OC(=N)C(Cl)(Cl)Cl)O[C@@H]2CO[Si](c2ccccc2)(c2ccccc2)C(C)(C)C)[C@H](N=[N+]=[N-])[C@@H](O[C@@H]2O[C@H](COCc3ccccc3)[C@@H](OCc3ccccc3)[C@H](OCc3ccccc3)[C@H]2OCc2ccccc2)[C@H]1NC(=O)OCc1ccccc1. The Morgan fingerprint density at radius 3 is 1.30 bits per heavy atom. The average molecular weight is 1510 g/mol. The van der Waals surface area contributed by atoms with Crippen LogP contribution in [0.4, 0.5) is 4.79 Å². The number of nitrogens with one attached hydrogen (secondary N) is 2. The van der Waals surface area contributed by atoms with E-state index in [0.29, 0.717) is 11.1 Å². The third-order valence-corrected chi connectivity index (χ3v) is 23.9. The molecule has 8 aromatic carbocycles. The second kappa shape index (κ2) is 37.8. The maximum absolute atomic E-state index is 14.6. The minimum atomic E-state index is -3.51. The van der Waals surface area contributed by atoms with Gasteiger partial charge in [-0.1, -0.05) is 308 Å². The van der Waals surface area contributed by atoms with Gasteiger partial charge in [0.2, 0.25) is 12.2 Å². The number of hydrogen-bond donors (Lipinski definition) is 2. The number of rotatable bonds is 31. The lowest BCUT2D eigenvalue weighted by Gasteiger charge is -2.51. The number of nitrogens with zero attached hydrogens (tertiary/aromatic N) is 6. The standard InChI is InChI=1S/C79H85Cl3N8O14Si/c1-53-64(86-77(91)97-50-59-39-23-10-24-40-59)69(103-75-72(96-49-58-37-21-9-22-38-58)71(95-48-57-35-19-8-20-36-57)67(93-46-55-31-15-6-16-32-55)62(101-75)51-92-45-54-29-13-5-14-30-54)65(87-89-84)73(99-53)102-68-63(52-98-105(78(2,3)4,60-41-25-11-26-42-60)61-43-27-12-28-44-61)100-74(104-76(83)79(80,81)82)66(88-90-85)70(68)94-47-56-33-17-7-18-34-56/h5-44,53,62-75,83H,45-52H2,1-4H3,(H,86,91)/t53-,62-,63-,64+,65-,66-,67-,68+,69+,70-,71+,72-,73-,74?,75+/m1/s1. The second-order valence-corrected chi connectivity index (χ2v) is 33.2. The average Bonchev–Trinajstić information content (AvgIpc) is 0.746. The van der Waals surface area contributed by atoms with Crippen LogP contribution in [-0.2, 0) is 101 Å². The van der Waals surface area contributed by atoms with Crippen LogP contribution in [0.1, 0.15) is 61.1 Å². The van der Waals surface area contributed by atoms with Crippen molar-refractivity contribution in [2.75, 3.05) is 13.2 Å². The molecule has 105 heavy (non-hydrogen) atoms. The van der Waals surface area contributed by atoms with E-state index in [2.05, 4.69) is 46.1 Å². The number of carbonyl (C=O) groups excluding carboxylic acids is 1. The molecule has 3 saturated heterocycles. The van der Waals surface area contributed by atoms with Crippen LogP contribution in [-0.4, -0.2) is 129 Å². The first-order valence-electron chi connectivity index (χ1n) is 34.6. The molecule has 1 amide bonds. The molecule has 11 rings (SSSR count). The molecule has 15 atom stereocenters. The molecule has 0 aliphatic carbocycles. The van der Waals surface area contributed by atoms with Crippen molar-refractivity contribution >= 4 is 65.5 Å². The summed E-state index contributed by atoms with van der Waals surface area (Å²) in [5.41, 5.74) is 26.5. The van der Waals surface area contributed by atoms with Gasteiger partial charge in [0.15, 0.2) is 12.6 Å². The molecular formula is C79H85Cl3N8O14Si. The molecule has 3 heterocycles. The van der Waals surface area contributed by atoms with Gasteiger partial charge in [-0.05, 0) is 66.8 Å². The molecule has 0 saturated carbocycles. The monoisotopic (exact) mass is 1500 g/mol. The van der Waals surface area contributed by atoms with Crippen molar-refractivity contribution in [1.82, 2.24) is 5.32 Å². The van der Waals surface area contributed by atoms with E-state index in [1.54, 1.807) is 6.92 Å². The molecule has 550 valence electrons. The van der Waals surface area contributed by atoms with Gasteiger partial charge >= 0.3 is 6.09 Å². The highest BCUT2D eigenvalue weighted by molar-refractivity contribution is 6.99. The molecule has 0 bridgehead atoms. The summed E-state index contributed by atoms with van der Waals surface area (Å²) in [6.07, 6.45) is -16.7. The number of amides is 1. The first kappa shape index (κ1) is 77.9. The number of ether oxygens (including phenoxy) is 12. The number of hydrogen-bond acceptors (Lipinski definition) is 17. The number of alkyl carbamates (subject to hydrolysis) is 1. The quantitative estimate of drug-likeness (QED) is 0.00778. The highest BCUT2D eigenvalue weighted by Gasteiger charge is 2.58. The van der Waals surface area contributed by atoms with E-state index in [0.717, 1.165) is 32.6 Å². The van der Waals surface area contributed by atoms with Crippen LogP contribution in [0.2, 0.25) is 5.04 Å². The number of azide groups is 2. The molecule has 3 aliphatic heterocycles. The Balaban J connectivity index is 1.05. The molecule has 0 spiro atoms. The van der Waals surface area contributed by atoms with E-state index in [1.807, 2.05) is 243 Å². The van der Waals surface area contributed by atoms with Gasteiger partial charge < -0.3 is 66.6 Å². The van der Waals surface area contributed by atoms with E-state index in [4.69, 9.17) is 101 Å². The maximum atomic E-state index is 14.6. The molecule has 26 heteroatoms. The smallest absolute Gasteiger partial charge is 0.407 e. The van der Waals surface area contributed by atoms with Gasteiger partial charge in [-0.3, -0.25) is 5.41 Å². The second-order valence-electron chi connectivity index (χ2n) is 26.6. The summed E-state index contributed by atoms with van der Waals surface area (Å²) in [4.78, 5) is 21.3. The van der Waals surface area contributed by atoms with E-state index in [-0.39, 0.29) is 52.9 Å². The van der Waals surface area contributed by atoms with Crippen molar-refractivity contribution < 1.29 is 66.1 Å². The van der Waals surface area contributed by atoms with Crippen molar-refractivity contribution in [3.63, 3.8) is 0 Å². The van der Waals surface area contributed by atoms with Crippen LogP contribution in [0.5, 0.6) is 0 Å². The number of halogens is 3. The number of carbonyl (C=O) groups is 1. The Kier molecular flexibility index (Phi) is 28.1. The van der Waals surface area contributed by atoms with Crippen LogP contribution < -0.4 is 15.7 Å². The summed E-state index contributed by atoms with van der Waals surface area (Å²) in [5, 5.41) is 21.9. The summed E-state index contributed by atoms with van der Waals surface area (Å²) in [7, 11) is -3.51. The Hall–Kier alpha value is -8.23. The van der Waals surface area contributed by atoms with E-state index in [1.165, 1.54) is 0 Å². The van der Waals surface area contributed by atoms with Crippen molar-refractivity contribution in [2.45, 2.75) is 168 Å². The van der Waals surface area contributed by atoms with Crippen molar-refractivity contribution in [3.05, 3.63) is 297 Å². The molecule has 1 unspecified atom stereocenters. The summed E-state index contributed by atoms with van der Waals surface area (Å²) >= 11 is 19.0. The first-order chi connectivity index (χ1) is 51.0. The van der Waals surface area contributed by atoms with Gasteiger partial charge in [0.1, 0.15) is 61.4 Å². The Morgan fingerprint density at radius 2 is 0.857 bits per heavy atom. The zero-order chi connectivity index (χ0) is 73.6. The summed E-state index contributed by atoms with van der Waals surface area (Å²) in [6, 6.07) is 72.4. The van der Waals surface area contributed by atoms with Crippen LogP contribution in [0, 0.1) is 5.41 Å². The summed E-state index contributed by atoms with van der Waals surface area (Å²) in [5.74, 6) is -0.861. The highest BCUT2D eigenvalue weighted by atomic mass is 35.6. The minimum Gasteiger partial charge on any atom is -0.448 e. The number of alkyl halides is 3.